The van der Waals surface area contributed by atoms with Gasteiger partial charge in [-0.25, -0.2) is 0 Å². The van der Waals surface area contributed by atoms with Crippen molar-refractivity contribution in [1.82, 2.24) is 10.2 Å². The van der Waals surface area contributed by atoms with E-state index in [-0.39, 0.29) is 24.8 Å². The number of nitrogens with one attached hydrogen (secondary N) is 1. The lowest BCUT2D eigenvalue weighted by molar-refractivity contribution is 0.174. The molecule has 1 aromatic rings. The highest BCUT2D eigenvalue weighted by atomic mass is 35.5. The SMILES string of the molecule is CN(C)CCNCc1ccc2c(c1)OCO2.Cl.Cl. The van der Waals surface area contributed by atoms with Gasteiger partial charge in [-0.3, -0.25) is 0 Å². The molecule has 0 aliphatic carbocycles. The molecule has 1 aliphatic rings. The van der Waals surface area contributed by atoms with E-state index < -0.39 is 0 Å². The van der Waals surface area contributed by atoms with Crippen molar-refractivity contribution in [3.8, 4) is 11.5 Å². The Hall–Kier alpha value is -0.680. The van der Waals surface area contributed by atoms with Crippen LogP contribution in [0.1, 0.15) is 5.56 Å². The Kier molecular flexibility index (Phi) is 8.11. The average Bonchev–Trinajstić information content (AvgIpc) is 2.71. The maximum absolute atomic E-state index is 5.33. The topological polar surface area (TPSA) is 33.7 Å². The van der Waals surface area contributed by atoms with Crippen LogP contribution >= 0.6 is 24.8 Å². The van der Waals surface area contributed by atoms with Gasteiger partial charge in [-0.1, -0.05) is 6.07 Å². The van der Waals surface area contributed by atoms with E-state index in [1.807, 2.05) is 12.1 Å². The lowest BCUT2D eigenvalue weighted by atomic mass is 10.2. The molecule has 6 heteroatoms. The summed E-state index contributed by atoms with van der Waals surface area (Å²) in [5.41, 5.74) is 1.23. The smallest absolute Gasteiger partial charge is 0.231 e. The molecule has 4 nitrogen and oxygen atoms in total. The highest BCUT2D eigenvalue weighted by Gasteiger charge is 2.12. The van der Waals surface area contributed by atoms with Crippen LogP contribution in [-0.2, 0) is 6.54 Å². The van der Waals surface area contributed by atoms with Crippen molar-refractivity contribution in [1.29, 1.82) is 0 Å². The molecular formula is C12H20Cl2N2O2. The zero-order valence-electron chi connectivity index (χ0n) is 10.6. The number of benzene rings is 1. The predicted molar refractivity (Wildman–Crippen MR) is 77.3 cm³/mol. The van der Waals surface area contributed by atoms with Crippen LogP contribution in [0.5, 0.6) is 11.5 Å². The molecule has 0 saturated carbocycles. The van der Waals surface area contributed by atoms with Gasteiger partial charge in [0.2, 0.25) is 6.79 Å². The maximum atomic E-state index is 5.33. The lowest BCUT2D eigenvalue weighted by Crippen LogP contribution is -2.26. The van der Waals surface area contributed by atoms with Crippen molar-refractivity contribution < 1.29 is 9.47 Å². The minimum absolute atomic E-state index is 0. The third-order valence-electron chi connectivity index (χ3n) is 2.50. The molecule has 0 spiro atoms. The highest BCUT2D eigenvalue weighted by molar-refractivity contribution is 5.85. The van der Waals surface area contributed by atoms with Crippen LogP contribution in [0.25, 0.3) is 0 Å². The third kappa shape index (κ3) is 4.90. The van der Waals surface area contributed by atoms with Gasteiger partial charge in [0.05, 0.1) is 0 Å². The van der Waals surface area contributed by atoms with Crippen LogP contribution < -0.4 is 14.8 Å². The second kappa shape index (κ2) is 8.43. The van der Waals surface area contributed by atoms with Crippen molar-refractivity contribution in [2.75, 3.05) is 34.0 Å². The summed E-state index contributed by atoms with van der Waals surface area (Å²) in [6, 6.07) is 6.06. The number of rotatable bonds is 5. The van der Waals surface area contributed by atoms with Crippen LogP contribution in [0.4, 0.5) is 0 Å². The first-order valence-electron chi connectivity index (χ1n) is 5.49. The first kappa shape index (κ1) is 17.3. The van der Waals surface area contributed by atoms with Crippen molar-refractivity contribution in [3.63, 3.8) is 0 Å². The van der Waals surface area contributed by atoms with E-state index in [9.17, 15) is 0 Å². The minimum Gasteiger partial charge on any atom is -0.454 e. The van der Waals surface area contributed by atoms with Crippen LogP contribution in [0.2, 0.25) is 0 Å². The molecule has 0 bridgehead atoms. The summed E-state index contributed by atoms with van der Waals surface area (Å²) >= 11 is 0. The van der Waals surface area contributed by atoms with Gasteiger partial charge in [0.1, 0.15) is 0 Å². The summed E-state index contributed by atoms with van der Waals surface area (Å²) in [4.78, 5) is 2.16. The Bertz CT molecular complexity index is 362. The third-order valence-corrected chi connectivity index (χ3v) is 2.50. The van der Waals surface area contributed by atoms with Gasteiger partial charge < -0.3 is 19.7 Å². The van der Waals surface area contributed by atoms with Gasteiger partial charge in [0.15, 0.2) is 11.5 Å². The Morgan fingerprint density at radius 1 is 1.17 bits per heavy atom. The van der Waals surface area contributed by atoms with Gasteiger partial charge in [0, 0.05) is 19.6 Å². The number of hydrogen-bond acceptors (Lipinski definition) is 4. The molecule has 1 heterocycles. The van der Waals surface area contributed by atoms with E-state index in [1.54, 1.807) is 0 Å². The van der Waals surface area contributed by atoms with Gasteiger partial charge >= 0.3 is 0 Å². The second-order valence-corrected chi connectivity index (χ2v) is 4.17. The van der Waals surface area contributed by atoms with E-state index in [0.717, 1.165) is 31.1 Å². The first-order valence-corrected chi connectivity index (χ1v) is 5.49. The summed E-state index contributed by atoms with van der Waals surface area (Å²) in [7, 11) is 4.14. The van der Waals surface area contributed by atoms with E-state index in [0.29, 0.717) is 6.79 Å². The van der Waals surface area contributed by atoms with Crippen LogP contribution in [-0.4, -0.2) is 38.9 Å². The Labute approximate surface area is 120 Å². The van der Waals surface area contributed by atoms with Crippen LogP contribution in [0, 0.1) is 0 Å². The standard InChI is InChI=1S/C12H18N2O2.2ClH/c1-14(2)6-5-13-8-10-3-4-11-12(7-10)16-9-15-11;;/h3-4,7,13H,5-6,8-9H2,1-2H3;2*1H. The average molecular weight is 295 g/mol. The van der Waals surface area contributed by atoms with Crippen molar-refractivity contribution >= 4 is 24.8 Å². The fraction of sp³-hybridized carbons (Fsp3) is 0.500. The number of ether oxygens (including phenoxy) is 2. The highest BCUT2D eigenvalue weighted by Crippen LogP contribution is 2.32. The van der Waals surface area contributed by atoms with Crippen molar-refractivity contribution in [3.05, 3.63) is 23.8 Å². The summed E-state index contributed by atoms with van der Waals surface area (Å²) in [6.45, 7) is 3.24. The molecule has 0 radical (unpaired) electrons. The molecule has 0 unspecified atom stereocenters. The maximum Gasteiger partial charge on any atom is 0.231 e. The minimum atomic E-state index is 0. The Morgan fingerprint density at radius 2 is 1.89 bits per heavy atom. The molecule has 18 heavy (non-hydrogen) atoms. The molecule has 1 aliphatic heterocycles. The van der Waals surface area contributed by atoms with E-state index >= 15 is 0 Å². The number of fused-ring (bicyclic) bond motifs is 1. The number of likely N-dealkylation sites (N-methyl/N-ethyl adjacent to an activating group) is 1. The Morgan fingerprint density at radius 3 is 2.61 bits per heavy atom. The van der Waals surface area contributed by atoms with Crippen molar-refractivity contribution in [2.24, 2.45) is 0 Å². The molecule has 104 valence electrons. The monoisotopic (exact) mass is 294 g/mol. The van der Waals surface area contributed by atoms with E-state index in [1.165, 1.54) is 5.56 Å². The molecular weight excluding hydrogens is 275 g/mol. The van der Waals surface area contributed by atoms with Crippen molar-refractivity contribution in [2.45, 2.75) is 6.54 Å². The quantitative estimate of drug-likeness (QED) is 0.841. The number of halogens is 2. The summed E-state index contributed by atoms with van der Waals surface area (Å²) in [6.07, 6.45) is 0. The van der Waals surface area contributed by atoms with Gasteiger partial charge in [0.25, 0.3) is 0 Å². The fourth-order valence-corrected chi connectivity index (χ4v) is 1.59. The van der Waals surface area contributed by atoms with Crippen LogP contribution in [0.15, 0.2) is 18.2 Å². The second-order valence-electron chi connectivity index (χ2n) is 4.17. The Balaban J connectivity index is 0.00000144. The summed E-state index contributed by atoms with van der Waals surface area (Å²) in [5, 5.41) is 3.39. The normalized spacial score (nSPS) is 11.9. The van der Waals surface area contributed by atoms with Gasteiger partial charge in [-0.2, -0.15) is 0 Å². The van der Waals surface area contributed by atoms with Gasteiger partial charge in [-0.15, -0.1) is 24.8 Å². The zero-order chi connectivity index (χ0) is 11.4. The molecule has 1 aromatic carbocycles. The molecule has 0 amide bonds. The molecule has 0 aromatic heterocycles. The zero-order valence-corrected chi connectivity index (χ0v) is 12.3. The molecule has 2 rings (SSSR count). The largest absolute Gasteiger partial charge is 0.454 e. The lowest BCUT2D eigenvalue weighted by Gasteiger charge is -2.10. The van der Waals surface area contributed by atoms with E-state index in [4.69, 9.17) is 9.47 Å². The molecule has 1 N–H and O–H groups in total. The van der Waals surface area contributed by atoms with Crippen LogP contribution in [0.3, 0.4) is 0 Å². The fourth-order valence-electron chi connectivity index (χ4n) is 1.59. The van der Waals surface area contributed by atoms with E-state index in [2.05, 4.69) is 30.4 Å². The molecule has 0 atom stereocenters. The summed E-state index contributed by atoms with van der Waals surface area (Å²) < 4.78 is 10.6. The van der Waals surface area contributed by atoms with Gasteiger partial charge in [-0.05, 0) is 31.8 Å². The molecule has 0 saturated heterocycles. The number of nitrogens with zero attached hydrogens (tertiary/aromatic N) is 1. The first-order chi connectivity index (χ1) is 7.75. The molecule has 0 fully saturated rings. The predicted octanol–water partition coefficient (Wildman–Crippen LogP) is 1.91. The summed E-state index contributed by atoms with van der Waals surface area (Å²) in [5.74, 6) is 1.70. The number of hydrogen-bond donors (Lipinski definition) is 1.